The minimum atomic E-state index is -0.518. The Hall–Kier alpha value is -1.52. The first-order chi connectivity index (χ1) is 8.58. The highest BCUT2D eigenvalue weighted by atomic mass is 19.1. The van der Waals surface area contributed by atoms with E-state index in [2.05, 4.69) is 16.9 Å². The van der Waals surface area contributed by atoms with Crippen LogP contribution < -0.4 is 0 Å². The third-order valence-corrected chi connectivity index (χ3v) is 4.17. The zero-order valence-corrected chi connectivity index (χ0v) is 10.4. The van der Waals surface area contributed by atoms with Crippen molar-refractivity contribution in [2.45, 2.75) is 26.2 Å². The SMILES string of the molecule is CC1(C2CC2)CCN(C(=O)c2ncc(F)cn2)C1. The lowest BCUT2D eigenvalue weighted by Gasteiger charge is -2.23. The molecule has 0 bridgehead atoms. The van der Waals surface area contributed by atoms with E-state index in [1.54, 1.807) is 4.90 Å². The van der Waals surface area contributed by atoms with Crippen LogP contribution in [0.2, 0.25) is 0 Å². The molecule has 0 spiro atoms. The van der Waals surface area contributed by atoms with E-state index < -0.39 is 5.82 Å². The first kappa shape index (κ1) is 11.6. The maximum absolute atomic E-state index is 12.7. The van der Waals surface area contributed by atoms with Crippen LogP contribution in [0.25, 0.3) is 0 Å². The summed E-state index contributed by atoms with van der Waals surface area (Å²) in [5.41, 5.74) is 0.260. The van der Waals surface area contributed by atoms with Crippen LogP contribution in [0.1, 0.15) is 36.8 Å². The Kier molecular flexibility index (Phi) is 2.57. The van der Waals surface area contributed by atoms with E-state index in [1.807, 2.05) is 0 Å². The molecule has 1 atom stereocenters. The van der Waals surface area contributed by atoms with E-state index >= 15 is 0 Å². The van der Waals surface area contributed by atoms with Gasteiger partial charge in [-0.2, -0.15) is 0 Å². The highest BCUT2D eigenvalue weighted by molar-refractivity contribution is 5.90. The molecular formula is C13H16FN3O. The quantitative estimate of drug-likeness (QED) is 0.804. The number of carbonyl (C=O) groups is 1. The van der Waals surface area contributed by atoms with Crippen LogP contribution in [0.15, 0.2) is 12.4 Å². The first-order valence-corrected chi connectivity index (χ1v) is 6.35. The van der Waals surface area contributed by atoms with E-state index in [-0.39, 0.29) is 17.1 Å². The molecule has 5 heteroatoms. The molecule has 18 heavy (non-hydrogen) atoms. The first-order valence-electron chi connectivity index (χ1n) is 6.35. The van der Waals surface area contributed by atoms with Crippen LogP contribution in [0.5, 0.6) is 0 Å². The molecule has 1 saturated carbocycles. The van der Waals surface area contributed by atoms with Crippen molar-refractivity contribution in [3.05, 3.63) is 24.0 Å². The van der Waals surface area contributed by atoms with Crippen LogP contribution in [0.3, 0.4) is 0 Å². The van der Waals surface area contributed by atoms with Crippen molar-refractivity contribution >= 4 is 5.91 Å². The highest BCUT2D eigenvalue weighted by Crippen LogP contribution is 2.50. The van der Waals surface area contributed by atoms with Crippen molar-refractivity contribution in [3.8, 4) is 0 Å². The van der Waals surface area contributed by atoms with Crippen molar-refractivity contribution in [1.82, 2.24) is 14.9 Å². The number of hydrogen-bond donors (Lipinski definition) is 0. The van der Waals surface area contributed by atoms with Crippen molar-refractivity contribution < 1.29 is 9.18 Å². The van der Waals surface area contributed by atoms with Crippen LogP contribution in [-0.2, 0) is 0 Å². The number of nitrogens with zero attached hydrogens (tertiary/aromatic N) is 3. The minimum Gasteiger partial charge on any atom is -0.335 e. The molecular weight excluding hydrogens is 233 g/mol. The summed E-state index contributed by atoms with van der Waals surface area (Å²) in [6, 6.07) is 0. The summed E-state index contributed by atoms with van der Waals surface area (Å²) in [4.78, 5) is 21.5. The monoisotopic (exact) mass is 249 g/mol. The molecule has 1 saturated heterocycles. The van der Waals surface area contributed by atoms with Crippen LogP contribution >= 0.6 is 0 Å². The molecule has 1 aliphatic heterocycles. The fraction of sp³-hybridized carbons (Fsp3) is 0.615. The van der Waals surface area contributed by atoms with E-state index in [9.17, 15) is 9.18 Å². The number of halogens is 1. The average Bonchev–Trinajstić information content (AvgIpc) is 3.14. The Balaban J connectivity index is 1.72. The molecule has 2 aliphatic rings. The molecule has 1 unspecified atom stereocenters. The largest absolute Gasteiger partial charge is 0.335 e. The topological polar surface area (TPSA) is 46.1 Å². The zero-order valence-electron chi connectivity index (χ0n) is 10.4. The molecule has 2 heterocycles. The molecule has 2 fully saturated rings. The Morgan fingerprint density at radius 1 is 1.44 bits per heavy atom. The molecule has 0 N–H and O–H groups in total. The van der Waals surface area contributed by atoms with Crippen molar-refractivity contribution in [2.75, 3.05) is 13.1 Å². The lowest BCUT2D eigenvalue weighted by molar-refractivity contribution is 0.0758. The number of likely N-dealkylation sites (tertiary alicyclic amines) is 1. The van der Waals surface area contributed by atoms with Crippen LogP contribution in [-0.4, -0.2) is 33.9 Å². The maximum Gasteiger partial charge on any atom is 0.291 e. The van der Waals surface area contributed by atoms with Crippen molar-refractivity contribution in [2.24, 2.45) is 11.3 Å². The van der Waals surface area contributed by atoms with Gasteiger partial charge in [0.2, 0.25) is 5.82 Å². The summed E-state index contributed by atoms with van der Waals surface area (Å²) >= 11 is 0. The summed E-state index contributed by atoms with van der Waals surface area (Å²) in [6.45, 7) is 3.78. The molecule has 1 aromatic heterocycles. The minimum absolute atomic E-state index is 0.0939. The molecule has 0 aromatic carbocycles. The van der Waals surface area contributed by atoms with Gasteiger partial charge in [-0.3, -0.25) is 4.79 Å². The zero-order chi connectivity index (χ0) is 12.8. The number of amides is 1. The van der Waals surface area contributed by atoms with Crippen molar-refractivity contribution in [3.63, 3.8) is 0 Å². The molecule has 1 aliphatic carbocycles. The van der Waals surface area contributed by atoms with Gasteiger partial charge in [-0.15, -0.1) is 0 Å². The molecule has 96 valence electrons. The summed E-state index contributed by atoms with van der Waals surface area (Å²) in [7, 11) is 0. The Morgan fingerprint density at radius 3 is 2.72 bits per heavy atom. The normalized spacial score (nSPS) is 27.6. The van der Waals surface area contributed by atoms with Gasteiger partial charge in [0.1, 0.15) is 0 Å². The number of aromatic nitrogens is 2. The summed E-state index contributed by atoms with van der Waals surface area (Å²) in [6.07, 6.45) is 5.69. The van der Waals surface area contributed by atoms with Crippen LogP contribution in [0.4, 0.5) is 4.39 Å². The summed E-state index contributed by atoms with van der Waals surface area (Å²) in [5.74, 6) is 0.163. The Morgan fingerprint density at radius 2 is 2.11 bits per heavy atom. The molecule has 3 rings (SSSR count). The van der Waals surface area contributed by atoms with Gasteiger partial charge >= 0.3 is 0 Å². The summed E-state index contributed by atoms with van der Waals surface area (Å²) in [5, 5.41) is 0. The lowest BCUT2D eigenvalue weighted by Crippen LogP contribution is -2.33. The molecule has 1 amide bonds. The van der Waals surface area contributed by atoms with E-state index in [0.29, 0.717) is 0 Å². The molecule has 0 radical (unpaired) electrons. The second kappa shape index (κ2) is 4.00. The Labute approximate surface area is 105 Å². The second-order valence-electron chi connectivity index (χ2n) is 5.63. The standard InChI is InChI=1S/C13H16FN3O/c1-13(9-2-3-9)4-5-17(8-13)12(18)11-15-6-10(14)7-16-11/h6-7,9H,2-5,8H2,1H3. The van der Waals surface area contributed by atoms with Gasteiger partial charge in [0.15, 0.2) is 5.82 Å². The van der Waals surface area contributed by atoms with E-state index in [4.69, 9.17) is 0 Å². The van der Waals surface area contributed by atoms with Gasteiger partial charge in [-0.05, 0) is 30.6 Å². The smallest absolute Gasteiger partial charge is 0.291 e. The van der Waals surface area contributed by atoms with E-state index in [0.717, 1.165) is 37.8 Å². The third-order valence-electron chi connectivity index (χ3n) is 4.17. The van der Waals surface area contributed by atoms with Gasteiger partial charge in [-0.1, -0.05) is 6.92 Å². The summed E-state index contributed by atoms with van der Waals surface area (Å²) < 4.78 is 12.7. The van der Waals surface area contributed by atoms with Gasteiger partial charge in [0, 0.05) is 13.1 Å². The predicted octanol–water partition coefficient (Wildman–Crippen LogP) is 1.88. The van der Waals surface area contributed by atoms with Gasteiger partial charge in [0.05, 0.1) is 12.4 Å². The maximum atomic E-state index is 12.7. The molecule has 1 aromatic rings. The van der Waals surface area contributed by atoms with Gasteiger partial charge in [-0.25, -0.2) is 14.4 Å². The lowest BCUT2D eigenvalue weighted by atomic mass is 9.84. The fourth-order valence-corrected chi connectivity index (χ4v) is 2.84. The van der Waals surface area contributed by atoms with Gasteiger partial charge < -0.3 is 4.90 Å². The third kappa shape index (κ3) is 1.98. The molecule has 4 nitrogen and oxygen atoms in total. The predicted molar refractivity (Wildman–Crippen MR) is 63.3 cm³/mol. The second-order valence-corrected chi connectivity index (χ2v) is 5.63. The number of hydrogen-bond acceptors (Lipinski definition) is 3. The average molecular weight is 249 g/mol. The van der Waals surface area contributed by atoms with Crippen LogP contribution in [0, 0.1) is 17.2 Å². The fourth-order valence-electron chi connectivity index (χ4n) is 2.84. The number of carbonyl (C=O) groups excluding carboxylic acids is 1. The van der Waals surface area contributed by atoms with E-state index in [1.165, 1.54) is 12.8 Å². The number of rotatable bonds is 2. The van der Waals surface area contributed by atoms with Crippen molar-refractivity contribution in [1.29, 1.82) is 0 Å². The highest BCUT2D eigenvalue weighted by Gasteiger charge is 2.47. The Bertz CT molecular complexity index is 472. The van der Waals surface area contributed by atoms with Gasteiger partial charge in [0.25, 0.3) is 5.91 Å².